The van der Waals surface area contributed by atoms with Crippen LogP contribution in [0.25, 0.3) is 66.8 Å². The number of nitrogens with zero attached hydrogens (tertiary/aromatic N) is 1. The van der Waals surface area contributed by atoms with Crippen LogP contribution in [0.4, 0.5) is 17.1 Å². The van der Waals surface area contributed by atoms with Gasteiger partial charge in [0.15, 0.2) is 0 Å². The fourth-order valence-corrected chi connectivity index (χ4v) is 12.0. The van der Waals surface area contributed by atoms with Gasteiger partial charge in [0, 0.05) is 22.5 Å². The van der Waals surface area contributed by atoms with E-state index in [-0.39, 0.29) is 5.41 Å². The monoisotopic (exact) mass is 905 g/mol. The first kappa shape index (κ1) is 42.3. The summed E-state index contributed by atoms with van der Waals surface area (Å²) in [6, 6.07) is 101. The van der Waals surface area contributed by atoms with E-state index in [1.54, 1.807) is 0 Å². The molecule has 0 radical (unpaired) electrons. The van der Waals surface area contributed by atoms with Crippen LogP contribution in [0.1, 0.15) is 47.2 Å². The van der Waals surface area contributed by atoms with Crippen molar-refractivity contribution in [3.05, 3.63) is 306 Å². The van der Waals surface area contributed by atoms with Crippen LogP contribution in [0.15, 0.2) is 273 Å². The van der Waals surface area contributed by atoms with Gasteiger partial charge in [-0.1, -0.05) is 250 Å². The molecule has 11 aromatic carbocycles. The van der Waals surface area contributed by atoms with Gasteiger partial charge >= 0.3 is 0 Å². The lowest BCUT2D eigenvalue weighted by Crippen LogP contribution is -2.29. The van der Waals surface area contributed by atoms with Crippen molar-refractivity contribution in [3.63, 3.8) is 0 Å². The average molecular weight is 906 g/mol. The Morgan fingerprint density at radius 3 is 1.11 bits per heavy atom. The number of hydrogen-bond acceptors (Lipinski definition) is 1. The van der Waals surface area contributed by atoms with E-state index >= 15 is 0 Å². The van der Waals surface area contributed by atoms with Crippen LogP contribution in [-0.4, -0.2) is 0 Å². The number of fused-ring (bicyclic) bond motifs is 6. The van der Waals surface area contributed by atoms with Crippen LogP contribution in [-0.2, 0) is 10.8 Å². The summed E-state index contributed by atoms with van der Waals surface area (Å²) in [5.41, 5.74) is 25.3. The summed E-state index contributed by atoms with van der Waals surface area (Å²) in [5, 5.41) is 0. The minimum atomic E-state index is -0.526. The molecule has 0 fully saturated rings. The highest BCUT2D eigenvalue weighted by atomic mass is 15.1. The average Bonchev–Trinajstić information content (AvgIpc) is 3.87. The molecule has 0 spiro atoms. The molecule has 1 heteroatoms. The first-order chi connectivity index (χ1) is 35.0. The van der Waals surface area contributed by atoms with Crippen LogP contribution in [0.2, 0.25) is 0 Å². The predicted octanol–water partition coefficient (Wildman–Crippen LogP) is 18.5. The molecule has 1 nitrogen and oxygen atoms in total. The summed E-state index contributed by atoms with van der Waals surface area (Å²) in [5.74, 6) is 0. The van der Waals surface area contributed by atoms with Crippen molar-refractivity contribution in [2.75, 3.05) is 4.90 Å². The van der Waals surface area contributed by atoms with Crippen molar-refractivity contribution in [2.45, 2.75) is 24.7 Å². The van der Waals surface area contributed by atoms with Crippen LogP contribution in [0.3, 0.4) is 0 Å². The molecular weight excluding hydrogens is 855 g/mol. The largest absolute Gasteiger partial charge is 0.310 e. The molecule has 0 amide bonds. The molecule has 0 heterocycles. The number of hydrogen-bond donors (Lipinski definition) is 0. The molecule has 336 valence electrons. The normalized spacial score (nSPS) is 13.4. The summed E-state index contributed by atoms with van der Waals surface area (Å²) in [4.78, 5) is 2.43. The zero-order valence-electron chi connectivity index (χ0n) is 39.9. The highest BCUT2D eigenvalue weighted by Crippen LogP contribution is 2.64. The molecule has 0 atom stereocenters. The van der Waals surface area contributed by atoms with E-state index in [9.17, 15) is 0 Å². The topological polar surface area (TPSA) is 3.24 Å². The second kappa shape index (κ2) is 17.0. The molecule has 0 aliphatic heterocycles. The SMILES string of the molecule is CC1(C)c2cc(N(c3ccc(-c4ccccc4)cc3)c3ccc(-c4ccc(-c5ccccc5)cc4)cc3)ccc2-c2c1cc1c(c2-c2ccccc2)-c2ccccc2C1(c1ccccc1)c1ccccc1. The smallest absolute Gasteiger partial charge is 0.0713 e. The van der Waals surface area contributed by atoms with Gasteiger partial charge in [0.05, 0.1) is 5.41 Å². The van der Waals surface area contributed by atoms with Crippen LogP contribution in [0.5, 0.6) is 0 Å². The maximum atomic E-state index is 2.60. The summed E-state index contributed by atoms with van der Waals surface area (Å²) in [6.07, 6.45) is 0. The number of rotatable bonds is 9. The molecule has 71 heavy (non-hydrogen) atoms. The fraction of sp³-hybridized carbons (Fsp3) is 0.0571. The second-order valence-electron chi connectivity index (χ2n) is 19.6. The maximum absolute atomic E-state index is 2.60. The summed E-state index contributed by atoms with van der Waals surface area (Å²) < 4.78 is 0. The number of anilines is 3. The number of benzene rings is 11. The Bertz CT molecular complexity index is 3670. The lowest BCUT2D eigenvalue weighted by Gasteiger charge is -2.35. The van der Waals surface area contributed by atoms with Gasteiger partial charge < -0.3 is 4.90 Å². The molecule has 0 unspecified atom stereocenters. The zero-order valence-corrected chi connectivity index (χ0v) is 39.9. The van der Waals surface area contributed by atoms with Gasteiger partial charge in [-0.05, 0) is 137 Å². The van der Waals surface area contributed by atoms with Gasteiger partial charge in [-0.3, -0.25) is 0 Å². The van der Waals surface area contributed by atoms with Gasteiger partial charge in [-0.25, -0.2) is 0 Å². The lowest BCUT2D eigenvalue weighted by molar-refractivity contribution is 0.656. The van der Waals surface area contributed by atoms with E-state index in [0.717, 1.165) is 17.1 Å². The molecule has 2 aliphatic carbocycles. The molecule has 11 aromatic rings. The highest BCUT2D eigenvalue weighted by Gasteiger charge is 2.50. The Labute approximate surface area is 417 Å². The highest BCUT2D eigenvalue weighted by molar-refractivity contribution is 6.05. The first-order valence-electron chi connectivity index (χ1n) is 24.8. The Balaban J connectivity index is 0.992. The maximum Gasteiger partial charge on any atom is 0.0713 e. The molecule has 0 bridgehead atoms. The molecule has 0 aromatic heterocycles. The van der Waals surface area contributed by atoms with E-state index in [2.05, 4.69) is 292 Å². The summed E-state index contributed by atoms with van der Waals surface area (Å²) in [6.45, 7) is 4.88. The van der Waals surface area contributed by atoms with Gasteiger partial charge in [-0.2, -0.15) is 0 Å². The fourth-order valence-electron chi connectivity index (χ4n) is 12.0. The second-order valence-corrected chi connectivity index (χ2v) is 19.6. The van der Waals surface area contributed by atoms with Crippen LogP contribution >= 0.6 is 0 Å². The quantitative estimate of drug-likeness (QED) is 0.139. The van der Waals surface area contributed by atoms with E-state index in [0.29, 0.717) is 0 Å². The van der Waals surface area contributed by atoms with Crippen LogP contribution < -0.4 is 4.90 Å². The Morgan fingerprint density at radius 1 is 0.254 bits per heavy atom. The van der Waals surface area contributed by atoms with Crippen LogP contribution in [0, 0.1) is 0 Å². The van der Waals surface area contributed by atoms with E-state index in [4.69, 9.17) is 0 Å². The Kier molecular flexibility index (Phi) is 10.1. The molecule has 13 rings (SSSR count). The van der Waals surface area contributed by atoms with Crippen molar-refractivity contribution >= 4 is 17.1 Å². The molecule has 0 saturated carbocycles. The van der Waals surface area contributed by atoms with E-state index in [1.165, 1.54) is 100 Å². The summed E-state index contributed by atoms with van der Waals surface area (Å²) in [7, 11) is 0. The Morgan fingerprint density at radius 2 is 0.620 bits per heavy atom. The van der Waals surface area contributed by atoms with E-state index in [1.807, 2.05) is 0 Å². The zero-order chi connectivity index (χ0) is 47.5. The van der Waals surface area contributed by atoms with Crippen molar-refractivity contribution in [3.8, 4) is 66.8 Å². The van der Waals surface area contributed by atoms with Gasteiger partial charge in [0.2, 0.25) is 0 Å². The molecular formula is C70H51N. The molecule has 0 saturated heterocycles. The Hall–Kier alpha value is -8.78. The standard InChI is InChI=1S/C70H51N/c1-69(2)63-46-59(71(57-40-36-52(37-41-57)49-22-10-4-11-23-49)58-42-38-53(39-43-58)51-34-32-50(33-35-51)48-20-8-3-9-21-48)44-45-61(63)67-64(69)47-65-68(66(67)54-24-12-5-13-25-54)60-30-18-19-31-62(60)70(65,55-26-14-6-15-27-55)56-28-16-7-17-29-56/h3-47H,1-2H3. The minimum Gasteiger partial charge on any atom is -0.310 e. The molecule has 2 aliphatic rings. The van der Waals surface area contributed by atoms with Crippen molar-refractivity contribution in [1.82, 2.24) is 0 Å². The summed E-state index contributed by atoms with van der Waals surface area (Å²) >= 11 is 0. The van der Waals surface area contributed by atoms with Crippen molar-refractivity contribution < 1.29 is 0 Å². The third-order valence-corrected chi connectivity index (χ3v) is 15.4. The lowest BCUT2D eigenvalue weighted by atomic mass is 9.66. The third kappa shape index (κ3) is 6.84. The molecule has 0 N–H and O–H groups in total. The first-order valence-corrected chi connectivity index (χ1v) is 24.8. The van der Waals surface area contributed by atoms with Crippen molar-refractivity contribution in [1.29, 1.82) is 0 Å². The van der Waals surface area contributed by atoms with E-state index < -0.39 is 5.41 Å². The van der Waals surface area contributed by atoms with Gasteiger partial charge in [0.25, 0.3) is 0 Å². The van der Waals surface area contributed by atoms with Gasteiger partial charge in [-0.15, -0.1) is 0 Å². The van der Waals surface area contributed by atoms with Crippen molar-refractivity contribution in [2.24, 2.45) is 0 Å². The predicted molar refractivity (Wildman–Crippen MR) is 298 cm³/mol. The van der Waals surface area contributed by atoms with Gasteiger partial charge in [0.1, 0.15) is 0 Å². The minimum absolute atomic E-state index is 0.342. The third-order valence-electron chi connectivity index (χ3n) is 15.4.